The molecule has 0 aromatic carbocycles. The summed E-state index contributed by atoms with van der Waals surface area (Å²) in [5.74, 6) is -0.0253. The highest BCUT2D eigenvalue weighted by Crippen LogP contribution is 2.32. The van der Waals surface area contributed by atoms with Crippen LogP contribution in [0.4, 0.5) is 0 Å². The second-order valence-electron chi connectivity index (χ2n) is 4.79. The van der Waals surface area contributed by atoms with Crippen molar-refractivity contribution < 1.29 is 4.79 Å². The van der Waals surface area contributed by atoms with Gasteiger partial charge in [-0.2, -0.15) is 0 Å². The fourth-order valence-electron chi connectivity index (χ4n) is 2.99. The maximum absolute atomic E-state index is 11.2. The van der Waals surface area contributed by atoms with Gasteiger partial charge in [0.15, 0.2) is 0 Å². The molecule has 2 aliphatic heterocycles. The van der Waals surface area contributed by atoms with Crippen LogP contribution in [0.25, 0.3) is 0 Å². The van der Waals surface area contributed by atoms with Gasteiger partial charge < -0.3 is 10.2 Å². The maximum Gasteiger partial charge on any atom is 0.243 e. The molecular weight excluding hydrogens is 188 g/mol. The molecule has 2 bridgehead atoms. The van der Waals surface area contributed by atoms with Crippen LogP contribution in [0.2, 0.25) is 0 Å². The van der Waals surface area contributed by atoms with E-state index >= 15 is 0 Å². The van der Waals surface area contributed by atoms with E-state index in [0.717, 1.165) is 12.8 Å². The molecule has 84 valence electrons. The number of fused-ring (bicyclic) bond motifs is 2. The van der Waals surface area contributed by atoms with Crippen molar-refractivity contribution >= 4 is 5.91 Å². The summed E-state index contributed by atoms with van der Waals surface area (Å²) in [4.78, 5) is 13.7. The first-order valence-corrected chi connectivity index (χ1v) is 5.85. The standard InChI is InChI=1S/C12H20N2O/c1-3-12(15)13-9-7-10-5-4-6-11(8-9)14(10)2/h3,9-11H,1,4-8H2,2H3,(H,13,15). The Bertz CT molecular complexity index is 250. The smallest absolute Gasteiger partial charge is 0.243 e. The topological polar surface area (TPSA) is 32.3 Å². The number of nitrogens with one attached hydrogen (secondary N) is 1. The first-order chi connectivity index (χ1) is 7.20. The fraction of sp³-hybridized carbons (Fsp3) is 0.750. The summed E-state index contributed by atoms with van der Waals surface area (Å²) < 4.78 is 0. The highest BCUT2D eigenvalue weighted by Gasteiger charge is 2.36. The van der Waals surface area contributed by atoms with Crippen LogP contribution >= 0.6 is 0 Å². The molecule has 2 unspecified atom stereocenters. The van der Waals surface area contributed by atoms with Crippen molar-refractivity contribution in [2.75, 3.05) is 7.05 Å². The number of hydrogen-bond donors (Lipinski definition) is 1. The van der Waals surface area contributed by atoms with Gasteiger partial charge >= 0.3 is 0 Å². The zero-order valence-electron chi connectivity index (χ0n) is 9.41. The van der Waals surface area contributed by atoms with Gasteiger partial charge in [-0.25, -0.2) is 0 Å². The van der Waals surface area contributed by atoms with E-state index in [2.05, 4.69) is 23.8 Å². The van der Waals surface area contributed by atoms with E-state index in [-0.39, 0.29) is 5.91 Å². The van der Waals surface area contributed by atoms with Crippen molar-refractivity contribution in [1.82, 2.24) is 10.2 Å². The minimum Gasteiger partial charge on any atom is -0.350 e. The molecule has 1 amide bonds. The molecule has 0 aliphatic carbocycles. The highest BCUT2D eigenvalue weighted by atomic mass is 16.1. The number of carbonyl (C=O) groups excluding carboxylic acids is 1. The van der Waals surface area contributed by atoms with Crippen LogP contribution in [0.5, 0.6) is 0 Å². The zero-order valence-corrected chi connectivity index (χ0v) is 9.41. The summed E-state index contributed by atoms with van der Waals surface area (Å²) in [5.41, 5.74) is 0. The first-order valence-electron chi connectivity index (χ1n) is 5.85. The Morgan fingerprint density at radius 1 is 1.40 bits per heavy atom. The first kappa shape index (κ1) is 10.7. The van der Waals surface area contributed by atoms with Crippen LogP contribution in [0.15, 0.2) is 12.7 Å². The van der Waals surface area contributed by atoms with Gasteiger partial charge in [0, 0.05) is 18.1 Å². The van der Waals surface area contributed by atoms with Crippen LogP contribution in [0.1, 0.15) is 32.1 Å². The SMILES string of the molecule is C=CC(=O)NC1CC2CCCC(C1)N2C. The Morgan fingerprint density at radius 3 is 2.53 bits per heavy atom. The predicted octanol–water partition coefficient (Wildman–Crippen LogP) is 1.30. The average molecular weight is 208 g/mol. The van der Waals surface area contributed by atoms with Crippen molar-refractivity contribution in [2.24, 2.45) is 0 Å². The monoisotopic (exact) mass is 208 g/mol. The highest BCUT2D eigenvalue weighted by molar-refractivity contribution is 5.87. The van der Waals surface area contributed by atoms with Crippen LogP contribution in [0, 0.1) is 0 Å². The number of carbonyl (C=O) groups is 1. The molecule has 2 saturated heterocycles. The lowest BCUT2D eigenvalue weighted by molar-refractivity contribution is -0.117. The summed E-state index contributed by atoms with van der Waals surface area (Å²) in [5, 5.41) is 3.03. The van der Waals surface area contributed by atoms with E-state index in [9.17, 15) is 4.79 Å². The van der Waals surface area contributed by atoms with E-state index in [1.165, 1.54) is 25.3 Å². The lowest BCUT2D eigenvalue weighted by Gasteiger charge is -2.47. The molecule has 3 heteroatoms. The normalized spacial score (nSPS) is 35.9. The molecule has 0 spiro atoms. The van der Waals surface area contributed by atoms with Crippen LogP contribution in [0.3, 0.4) is 0 Å². The largest absolute Gasteiger partial charge is 0.350 e. The summed E-state index contributed by atoms with van der Waals surface area (Å²) in [6.45, 7) is 3.49. The van der Waals surface area contributed by atoms with Gasteiger partial charge in [0.05, 0.1) is 0 Å². The Hall–Kier alpha value is -0.830. The summed E-state index contributed by atoms with van der Waals surface area (Å²) >= 11 is 0. The predicted molar refractivity (Wildman–Crippen MR) is 60.6 cm³/mol. The van der Waals surface area contributed by atoms with Crippen molar-refractivity contribution in [1.29, 1.82) is 0 Å². The quantitative estimate of drug-likeness (QED) is 0.694. The van der Waals surface area contributed by atoms with E-state index in [1.54, 1.807) is 0 Å². The van der Waals surface area contributed by atoms with Crippen LogP contribution in [-0.4, -0.2) is 36.0 Å². The molecule has 2 heterocycles. The van der Waals surface area contributed by atoms with Crippen LogP contribution in [-0.2, 0) is 4.79 Å². The molecule has 0 radical (unpaired) electrons. The molecule has 15 heavy (non-hydrogen) atoms. The third kappa shape index (κ3) is 2.23. The lowest BCUT2D eigenvalue weighted by Crippen LogP contribution is -2.55. The number of amides is 1. The second-order valence-corrected chi connectivity index (χ2v) is 4.79. The summed E-state index contributed by atoms with van der Waals surface area (Å²) in [6, 6.07) is 1.71. The minimum atomic E-state index is -0.0253. The zero-order chi connectivity index (χ0) is 10.8. The molecule has 2 rings (SSSR count). The molecule has 2 aliphatic rings. The number of hydrogen-bond acceptors (Lipinski definition) is 2. The summed E-state index contributed by atoms with van der Waals surface area (Å²) in [6.07, 6.45) is 7.50. The van der Waals surface area contributed by atoms with Gasteiger partial charge in [0.1, 0.15) is 0 Å². The van der Waals surface area contributed by atoms with Gasteiger partial charge in [0.25, 0.3) is 0 Å². The molecule has 0 saturated carbocycles. The van der Waals surface area contributed by atoms with Gasteiger partial charge in [-0.1, -0.05) is 13.0 Å². The van der Waals surface area contributed by atoms with Gasteiger partial charge in [-0.05, 0) is 38.8 Å². The molecule has 2 atom stereocenters. The van der Waals surface area contributed by atoms with Crippen LogP contribution < -0.4 is 5.32 Å². The number of piperidine rings is 2. The maximum atomic E-state index is 11.2. The third-order valence-corrected chi connectivity index (χ3v) is 3.87. The van der Waals surface area contributed by atoms with E-state index < -0.39 is 0 Å². The second kappa shape index (κ2) is 4.35. The van der Waals surface area contributed by atoms with Crippen molar-refractivity contribution in [2.45, 2.75) is 50.2 Å². The number of nitrogens with zero attached hydrogens (tertiary/aromatic N) is 1. The Balaban J connectivity index is 1.95. The van der Waals surface area contributed by atoms with Gasteiger partial charge in [-0.15, -0.1) is 0 Å². The van der Waals surface area contributed by atoms with Crippen molar-refractivity contribution in [3.8, 4) is 0 Å². The molecule has 0 aromatic heterocycles. The lowest BCUT2D eigenvalue weighted by atomic mass is 9.82. The fourth-order valence-corrected chi connectivity index (χ4v) is 2.99. The summed E-state index contributed by atoms with van der Waals surface area (Å²) in [7, 11) is 2.22. The van der Waals surface area contributed by atoms with Crippen molar-refractivity contribution in [3.63, 3.8) is 0 Å². The van der Waals surface area contributed by atoms with Gasteiger partial charge in [-0.3, -0.25) is 4.79 Å². The van der Waals surface area contributed by atoms with Gasteiger partial charge in [0.2, 0.25) is 5.91 Å². The Labute approximate surface area is 91.5 Å². The average Bonchev–Trinajstić information content (AvgIpc) is 2.19. The van der Waals surface area contributed by atoms with E-state index in [1.807, 2.05) is 0 Å². The Morgan fingerprint density at radius 2 is 2.00 bits per heavy atom. The van der Waals surface area contributed by atoms with E-state index in [4.69, 9.17) is 0 Å². The van der Waals surface area contributed by atoms with Crippen molar-refractivity contribution in [3.05, 3.63) is 12.7 Å². The Kier molecular flexibility index (Phi) is 3.10. The number of rotatable bonds is 2. The minimum absolute atomic E-state index is 0.0253. The molecule has 3 nitrogen and oxygen atoms in total. The molecule has 2 fully saturated rings. The third-order valence-electron chi connectivity index (χ3n) is 3.87. The molecule has 1 N–H and O–H groups in total. The molecule has 0 aromatic rings. The van der Waals surface area contributed by atoms with E-state index in [0.29, 0.717) is 18.1 Å². The molecular formula is C12H20N2O.